The SMILES string of the molecule is COc1cc(SC)ccc1-c1ncc(-c2cccnc2)[nH]1. The minimum atomic E-state index is 0.790. The molecule has 0 aliphatic carbocycles. The lowest BCUT2D eigenvalue weighted by atomic mass is 10.2. The van der Waals surface area contributed by atoms with E-state index in [0.29, 0.717) is 0 Å². The van der Waals surface area contributed by atoms with Gasteiger partial charge >= 0.3 is 0 Å². The van der Waals surface area contributed by atoms with Gasteiger partial charge in [-0.1, -0.05) is 0 Å². The molecule has 1 aromatic carbocycles. The van der Waals surface area contributed by atoms with Crippen LogP contribution in [0.2, 0.25) is 0 Å². The zero-order chi connectivity index (χ0) is 14.7. The van der Waals surface area contributed by atoms with Crippen LogP contribution in [-0.2, 0) is 0 Å². The van der Waals surface area contributed by atoms with E-state index in [1.165, 1.54) is 0 Å². The number of H-pyrrole nitrogens is 1. The van der Waals surface area contributed by atoms with Gasteiger partial charge in [-0.15, -0.1) is 11.8 Å². The molecule has 1 N–H and O–H groups in total. The molecule has 0 saturated carbocycles. The summed E-state index contributed by atoms with van der Waals surface area (Å²) in [6.45, 7) is 0. The lowest BCUT2D eigenvalue weighted by Gasteiger charge is -2.07. The van der Waals surface area contributed by atoms with Gasteiger partial charge < -0.3 is 9.72 Å². The van der Waals surface area contributed by atoms with Gasteiger partial charge in [0.25, 0.3) is 0 Å². The van der Waals surface area contributed by atoms with Gasteiger partial charge in [0.2, 0.25) is 0 Å². The molecule has 0 atom stereocenters. The Hall–Kier alpha value is -2.27. The number of hydrogen-bond acceptors (Lipinski definition) is 4. The summed E-state index contributed by atoms with van der Waals surface area (Å²) in [5.74, 6) is 1.60. The van der Waals surface area contributed by atoms with Gasteiger partial charge in [-0.2, -0.15) is 0 Å². The lowest BCUT2D eigenvalue weighted by Crippen LogP contribution is -1.90. The zero-order valence-electron chi connectivity index (χ0n) is 11.8. The summed E-state index contributed by atoms with van der Waals surface area (Å²) >= 11 is 1.69. The maximum absolute atomic E-state index is 5.47. The van der Waals surface area contributed by atoms with Gasteiger partial charge in [-0.05, 0) is 36.6 Å². The monoisotopic (exact) mass is 297 g/mol. The molecule has 0 aliphatic heterocycles. The summed E-state index contributed by atoms with van der Waals surface area (Å²) in [6, 6.07) is 10.0. The number of nitrogens with zero attached hydrogens (tertiary/aromatic N) is 2. The molecule has 4 nitrogen and oxygen atoms in total. The number of aromatic nitrogens is 3. The van der Waals surface area contributed by atoms with E-state index in [9.17, 15) is 0 Å². The number of rotatable bonds is 4. The summed E-state index contributed by atoms with van der Waals surface area (Å²) < 4.78 is 5.47. The van der Waals surface area contributed by atoms with Gasteiger partial charge in [0, 0.05) is 22.9 Å². The standard InChI is InChI=1S/C16H15N3OS/c1-20-15-8-12(21-2)5-6-13(15)16-18-10-14(19-16)11-4-3-7-17-9-11/h3-10H,1-2H3,(H,18,19). The van der Waals surface area contributed by atoms with Crippen molar-refractivity contribution in [2.45, 2.75) is 4.90 Å². The highest BCUT2D eigenvalue weighted by Crippen LogP contribution is 2.32. The molecule has 0 unspecified atom stereocenters. The molecule has 0 bridgehead atoms. The normalized spacial score (nSPS) is 10.6. The minimum absolute atomic E-state index is 0.790. The Morgan fingerprint density at radius 3 is 2.81 bits per heavy atom. The molecule has 0 radical (unpaired) electrons. The Balaban J connectivity index is 2.00. The molecule has 0 saturated heterocycles. The average Bonchev–Trinajstić information content (AvgIpc) is 3.04. The summed E-state index contributed by atoms with van der Waals surface area (Å²) in [7, 11) is 1.67. The van der Waals surface area contributed by atoms with Gasteiger partial charge in [-0.25, -0.2) is 4.98 Å². The molecular weight excluding hydrogens is 282 g/mol. The molecule has 3 rings (SSSR count). The van der Waals surface area contributed by atoms with Crippen molar-refractivity contribution in [3.8, 4) is 28.4 Å². The third kappa shape index (κ3) is 2.78. The number of nitrogens with one attached hydrogen (secondary N) is 1. The summed E-state index contributed by atoms with van der Waals surface area (Å²) in [4.78, 5) is 13.1. The van der Waals surface area contributed by atoms with Crippen LogP contribution in [0.15, 0.2) is 53.8 Å². The van der Waals surface area contributed by atoms with Crippen molar-refractivity contribution in [3.63, 3.8) is 0 Å². The fourth-order valence-electron chi connectivity index (χ4n) is 2.12. The number of pyridine rings is 1. The molecular formula is C16H15N3OS. The predicted molar refractivity (Wildman–Crippen MR) is 85.6 cm³/mol. The maximum atomic E-state index is 5.47. The summed E-state index contributed by atoms with van der Waals surface area (Å²) in [5.41, 5.74) is 2.90. The van der Waals surface area contributed by atoms with Gasteiger partial charge in [0.15, 0.2) is 0 Å². The van der Waals surface area contributed by atoms with Gasteiger partial charge in [0.1, 0.15) is 11.6 Å². The smallest absolute Gasteiger partial charge is 0.141 e. The first-order chi connectivity index (χ1) is 10.3. The Morgan fingerprint density at radius 1 is 1.19 bits per heavy atom. The topological polar surface area (TPSA) is 50.8 Å². The fourth-order valence-corrected chi connectivity index (χ4v) is 2.55. The first kappa shape index (κ1) is 13.7. The van der Waals surface area contributed by atoms with Crippen molar-refractivity contribution < 1.29 is 4.74 Å². The number of hydrogen-bond donors (Lipinski definition) is 1. The minimum Gasteiger partial charge on any atom is -0.496 e. The summed E-state index contributed by atoms with van der Waals surface area (Å²) in [6.07, 6.45) is 7.42. The second-order valence-corrected chi connectivity index (χ2v) is 5.33. The molecule has 3 aromatic rings. The van der Waals surface area contributed by atoms with Crippen molar-refractivity contribution in [2.75, 3.05) is 13.4 Å². The van der Waals surface area contributed by atoms with Gasteiger partial charge in [-0.3, -0.25) is 4.98 Å². The van der Waals surface area contributed by atoms with Crippen LogP contribution >= 0.6 is 11.8 Å². The van der Waals surface area contributed by atoms with E-state index in [-0.39, 0.29) is 0 Å². The summed E-state index contributed by atoms with van der Waals surface area (Å²) in [5, 5.41) is 0. The Bertz CT molecular complexity index is 740. The Labute approximate surface area is 127 Å². The number of thioether (sulfide) groups is 1. The van der Waals surface area contributed by atoms with Crippen LogP contribution in [-0.4, -0.2) is 28.3 Å². The molecule has 2 aromatic heterocycles. The lowest BCUT2D eigenvalue weighted by molar-refractivity contribution is 0.415. The Kier molecular flexibility index (Phi) is 3.92. The molecule has 0 spiro atoms. The van der Waals surface area contributed by atoms with E-state index in [1.807, 2.05) is 42.9 Å². The largest absolute Gasteiger partial charge is 0.496 e. The van der Waals surface area contributed by atoms with Crippen molar-refractivity contribution in [3.05, 3.63) is 48.9 Å². The molecule has 21 heavy (non-hydrogen) atoms. The molecule has 5 heteroatoms. The predicted octanol–water partition coefficient (Wildman–Crippen LogP) is 3.87. The second kappa shape index (κ2) is 6.01. The fraction of sp³-hybridized carbons (Fsp3) is 0.125. The molecule has 0 aliphatic rings. The number of aromatic amines is 1. The number of ether oxygens (including phenoxy) is 1. The van der Waals surface area contributed by atoms with Crippen LogP contribution in [0.25, 0.3) is 22.6 Å². The quantitative estimate of drug-likeness (QED) is 0.743. The first-order valence-corrected chi connectivity index (χ1v) is 7.72. The number of methoxy groups -OCH3 is 1. The van der Waals surface area contributed by atoms with Crippen molar-refractivity contribution in [1.82, 2.24) is 15.0 Å². The third-order valence-electron chi connectivity index (χ3n) is 3.21. The first-order valence-electron chi connectivity index (χ1n) is 6.49. The van der Waals surface area contributed by atoms with E-state index < -0.39 is 0 Å². The van der Waals surface area contributed by atoms with Crippen molar-refractivity contribution in [2.24, 2.45) is 0 Å². The molecule has 0 fully saturated rings. The van der Waals surface area contributed by atoms with Crippen LogP contribution < -0.4 is 4.74 Å². The zero-order valence-corrected chi connectivity index (χ0v) is 12.6. The van der Waals surface area contributed by atoms with Crippen LogP contribution in [0.5, 0.6) is 5.75 Å². The van der Waals surface area contributed by atoms with E-state index >= 15 is 0 Å². The highest BCUT2D eigenvalue weighted by atomic mass is 32.2. The number of imidazole rings is 1. The second-order valence-electron chi connectivity index (χ2n) is 4.45. The highest BCUT2D eigenvalue weighted by Gasteiger charge is 2.11. The van der Waals surface area contributed by atoms with Crippen LogP contribution in [0, 0.1) is 0 Å². The van der Waals surface area contributed by atoms with E-state index in [0.717, 1.165) is 33.3 Å². The van der Waals surface area contributed by atoms with E-state index in [4.69, 9.17) is 4.74 Å². The highest BCUT2D eigenvalue weighted by molar-refractivity contribution is 7.98. The van der Waals surface area contributed by atoms with Crippen molar-refractivity contribution in [1.29, 1.82) is 0 Å². The third-order valence-corrected chi connectivity index (χ3v) is 3.94. The average molecular weight is 297 g/mol. The number of benzene rings is 1. The van der Waals surface area contributed by atoms with Crippen LogP contribution in [0.4, 0.5) is 0 Å². The van der Waals surface area contributed by atoms with E-state index in [2.05, 4.69) is 21.0 Å². The molecule has 106 valence electrons. The van der Waals surface area contributed by atoms with Crippen LogP contribution in [0.1, 0.15) is 0 Å². The molecule has 0 amide bonds. The van der Waals surface area contributed by atoms with Crippen molar-refractivity contribution >= 4 is 11.8 Å². The van der Waals surface area contributed by atoms with Gasteiger partial charge in [0.05, 0.1) is 24.6 Å². The Morgan fingerprint density at radius 2 is 2.10 bits per heavy atom. The van der Waals surface area contributed by atoms with Crippen LogP contribution in [0.3, 0.4) is 0 Å². The van der Waals surface area contributed by atoms with E-state index in [1.54, 1.807) is 25.1 Å². The maximum Gasteiger partial charge on any atom is 0.141 e. The molecule has 2 heterocycles.